The van der Waals surface area contributed by atoms with E-state index in [4.69, 9.17) is 11.7 Å². The quantitative estimate of drug-likeness (QED) is 0.640. The van der Waals surface area contributed by atoms with Crippen LogP contribution < -0.4 is 5.32 Å². The van der Waals surface area contributed by atoms with E-state index in [2.05, 4.69) is 17.3 Å². The maximum Gasteiger partial charge on any atom is 0.237 e. The highest BCUT2D eigenvalue weighted by Crippen LogP contribution is 1.99. The minimum absolute atomic E-state index is 0.0901. The number of hydrogen-bond acceptors (Lipinski definition) is 3. The Kier molecular flexibility index (Phi) is 7.05. The summed E-state index contributed by atoms with van der Waals surface area (Å²) in [6.45, 7) is 5.37. The van der Waals surface area contributed by atoms with Crippen molar-refractivity contribution >= 4 is 5.91 Å². The predicted molar refractivity (Wildman–Crippen MR) is 58.8 cm³/mol. The Labute approximate surface area is 91.3 Å². The van der Waals surface area contributed by atoms with E-state index < -0.39 is 0 Å². The zero-order valence-corrected chi connectivity index (χ0v) is 9.29. The molecule has 0 aromatic rings. The van der Waals surface area contributed by atoms with E-state index in [1.807, 2.05) is 18.7 Å². The number of likely N-dealkylation sites (N-methyl/N-ethyl adjacent to an activating group) is 1. The van der Waals surface area contributed by atoms with Crippen LogP contribution in [0.2, 0.25) is 0 Å². The van der Waals surface area contributed by atoms with Gasteiger partial charge in [-0.3, -0.25) is 9.69 Å². The first-order valence-electron chi connectivity index (χ1n) is 4.99. The summed E-state index contributed by atoms with van der Waals surface area (Å²) in [4.78, 5) is 13.5. The van der Waals surface area contributed by atoms with Crippen LogP contribution in [0.1, 0.15) is 20.3 Å². The van der Waals surface area contributed by atoms with E-state index in [0.717, 1.165) is 6.54 Å². The van der Waals surface area contributed by atoms with Crippen LogP contribution in [0.3, 0.4) is 0 Å². The van der Waals surface area contributed by atoms with Gasteiger partial charge in [-0.25, -0.2) is 0 Å². The highest BCUT2D eigenvalue weighted by Gasteiger charge is 2.18. The van der Waals surface area contributed by atoms with Gasteiger partial charge in [-0.2, -0.15) is 5.26 Å². The lowest BCUT2D eigenvalue weighted by atomic mass is 10.2. The minimum atomic E-state index is -0.239. The van der Waals surface area contributed by atoms with Crippen LogP contribution in [0.4, 0.5) is 0 Å². The lowest BCUT2D eigenvalue weighted by Gasteiger charge is -2.25. The number of nitrogens with zero attached hydrogens (tertiary/aromatic N) is 2. The molecule has 0 heterocycles. The highest BCUT2D eigenvalue weighted by molar-refractivity contribution is 5.81. The molecule has 1 amide bonds. The number of carbonyl (C=O) groups is 1. The summed E-state index contributed by atoms with van der Waals surface area (Å²) in [5.74, 6) is 2.26. The van der Waals surface area contributed by atoms with Crippen molar-refractivity contribution in [3.05, 3.63) is 0 Å². The summed E-state index contributed by atoms with van der Waals surface area (Å²) in [6.07, 6.45) is 5.48. The normalized spacial score (nSPS) is 11.5. The molecular formula is C11H17N3O. The van der Waals surface area contributed by atoms with E-state index in [1.165, 1.54) is 0 Å². The first-order chi connectivity index (χ1) is 7.17. The van der Waals surface area contributed by atoms with Gasteiger partial charge in [0.05, 0.1) is 18.7 Å². The van der Waals surface area contributed by atoms with Crippen LogP contribution in [0.5, 0.6) is 0 Å². The van der Waals surface area contributed by atoms with E-state index >= 15 is 0 Å². The van der Waals surface area contributed by atoms with Crippen LogP contribution in [0.25, 0.3) is 0 Å². The highest BCUT2D eigenvalue weighted by atomic mass is 16.2. The van der Waals surface area contributed by atoms with Crippen molar-refractivity contribution in [2.45, 2.75) is 26.3 Å². The first-order valence-corrected chi connectivity index (χ1v) is 4.99. The van der Waals surface area contributed by atoms with Gasteiger partial charge >= 0.3 is 0 Å². The second-order valence-electron chi connectivity index (χ2n) is 3.13. The average Bonchev–Trinajstić information content (AvgIpc) is 2.26. The number of terminal acetylenes is 1. The lowest BCUT2D eigenvalue weighted by molar-refractivity contribution is -0.125. The molecule has 0 aliphatic heterocycles. The fraction of sp³-hybridized carbons (Fsp3) is 0.636. The monoisotopic (exact) mass is 207 g/mol. The molecule has 0 saturated heterocycles. The van der Waals surface area contributed by atoms with Crippen LogP contribution in [-0.4, -0.2) is 36.5 Å². The molecule has 0 bridgehead atoms. The molecule has 82 valence electrons. The van der Waals surface area contributed by atoms with Crippen molar-refractivity contribution in [1.82, 2.24) is 10.2 Å². The summed E-state index contributed by atoms with van der Waals surface area (Å²) in [7, 11) is 0. The van der Waals surface area contributed by atoms with Gasteiger partial charge in [0.1, 0.15) is 0 Å². The fourth-order valence-electron chi connectivity index (χ4n) is 1.27. The standard InChI is InChI=1S/C11H17N3O/c1-4-8-13-11(15)10(3)14(5-2)9-6-7-12/h1,10H,5-6,8-9H2,2-3H3,(H,13,15). The molecular weight excluding hydrogens is 190 g/mol. The van der Waals surface area contributed by atoms with Crippen molar-refractivity contribution in [1.29, 1.82) is 5.26 Å². The van der Waals surface area contributed by atoms with Crippen molar-refractivity contribution in [2.75, 3.05) is 19.6 Å². The van der Waals surface area contributed by atoms with Crippen LogP contribution in [0, 0.1) is 23.7 Å². The zero-order chi connectivity index (χ0) is 11.7. The Morgan fingerprint density at radius 2 is 2.33 bits per heavy atom. The summed E-state index contributed by atoms with van der Waals surface area (Å²) >= 11 is 0. The third kappa shape index (κ3) is 5.05. The minimum Gasteiger partial charge on any atom is -0.344 e. The number of carbonyl (C=O) groups excluding carboxylic acids is 1. The SMILES string of the molecule is C#CCNC(=O)C(C)N(CC)CCC#N. The number of nitrogens with one attached hydrogen (secondary N) is 1. The molecule has 1 N–H and O–H groups in total. The molecule has 15 heavy (non-hydrogen) atoms. The predicted octanol–water partition coefficient (Wildman–Crippen LogP) is 0.360. The van der Waals surface area contributed by atoms with Gasteiger partial charge in [-0.15, -0.1) is 6.42 Å². The Hall–Kier alpha value is -1.52. The smallest absolute Gasteiger partial charge is 0.237 e. The second-order valence-corrected chi connectivity index (χ2v) is 3.13. The molecule has 0 aliphatic rings. The number of rotatable bonds is 6. The van der Waals surface area contributed by atoms with Gasteiger partial charge in [-0.1, -0.05) is 12.8 Å². The molecule has 0 aliphatic carbocycles. The van der Waals surface area contributed by atoms with Crippen molar-refractivity contribution in [3.8, 4) is 18.4 Å². The third-order valence-corrected chi connectivity index (χ3v) is 2.21. The third-order valence-electron chi connectivity index (χ3n) is 2.21. The molecule has 0 saturated carbocycles. The Morgan fingerprint density at radius 3 is 2.80 bits per heavy atom. The molecule has 0 radical (unpaired) electrons. The first kappa shape index (κ1) is 13.5. The number of nitriles is 1. The molecule has 4 nitrogen and oxygen atoms in total. The summed E-state index contributed by atoms with van der Waals surface area (Å²) in [5, 5.41) is 11.1. The summed E-state index contributed by atoms with van der Waals surface area (Å²) in [5.41, 5.74) is 0. The maximum absolute atomic E-state index is 11.5. The second kappa shape index (κ2) is 7.84. The molecule has 1 unspecified atom stereocenters. The lowest BCUT2D eigenvalue weighted by Crippen LogP contribution is -2.45. The van der Waals surface area contributed by atoms with Crippen LogP contribution >= 0.6 is 0 Å². The fourth-order valence-corrected chi connectivity index (χ4v) is 1.27. The Balaban J connectivity index is 4.13. The molecule has 0 spiro atoms. The molecule has 0 aromatic heterocycles. The molecule has 1 atom stereocenters. The van der Waals surface area contributed by atoms with Gasteiger partial charge in [0.25, 0.3) is 0 Å². The van der Waals surface area contributed by atoms with Crippen molar-refractivity contribution in [2.24, 2.45) is 0 Å². The van der Waals surface area contributed by atoms with Gasteiger partial charge in [0, 0.05) is 13.0 Å². The molecule has 0 fully saturated rings. The van der Waals surface area contributed by atoms with Crippen molar-refractivity contribution < 1.29 is 4.79 Å². The maximum atomic E-state index is 11.5. The molecule has 0 rings (SSSR count). The Morgan fingerprint density at radius 1 is 1.67 bits per heavy atom. The zero-order valence-electron chi connectivity index (χ0n) is 9.29. The summed E-state index contributed by atoms with van der Waals surface area (Å²) in [6, 6.07) is 1.82. The average molecular weight is 207 g/mol. The number of hydrogen-bond donors (Lipinski definition) is 1. The van der Waals surface area contributed by atoms with Crippen molar-refractivity contribution in [3.63, 3.8) is 0 Å². The van der Waals surface area contributed by atoms with E-state index in [0.29, 0.717) is 13.0 Å². The molecule has 4 heteroatoms. The topological polar surface area (TPSA) is 56.1 Å². The van der Waals surface area contributed by atoms with E-state index in [-0.39, 0.29) is 18.5 Å². The number of amides is 1. The summed E-state index contributed by atoms with van der Waals surface area (Å²) < 4.78 is 0. The van der Waals surface area contributed by atoms with Gasteiger partial charge in [-0.05, 0) is 13.5 Å². The molecule has 0 aromatic carbocycles. The Bertz CT molecular complexity index is 275. The van der Waals surface area contributed by atoms with E-state index in [9.17, 15) is 4.79 Å². The largest absolute Gasteiger partial charge is 0.344 e. The van der Waals surface area contributed by atoms with Crippen LogP contribution in [-0.2, 0) is 4.79 Å². The van der Waals surface area contributed by atoms with Gasteiger partial charge < -0.3 is 5.32 Å². The van der Waals surface area contributed by atoms with E-state index in [1.54, 1.807) is 0 Å². The van der Waals surface area contributed by atoms with Crippen LogP contribution in [0.15, 0.2) is 0 Å². The van der Waals surface area contributed by atoms with Gasteiger partial charge in [0.15, 0.2) is 0 Å². The van der Waals surface area contributed by atoms with Gasteiger partial charge in [0.2, 0.25) is 5.91 Å².